The van der Waals surface area contributed by atoms with Gasteiger partial charge in [-0.3, -0.25) is 0 Å². The van der Waals surface area contributed by atoms with Crippen molar-refractivity contribution in [2.75, 3.05) is 0 Å². The van der Waals surface area contributed by atoms with Crippen molar-refractivity contribution in [2.45, 2.75) is 19.3 Å². The van der Waals surface area contributed by atoms with Crippen molar-refractivity contribution >= 4 is 23.8 Å². The quantitative estimate of drug-likeness (QED) is 0.197. The van der Waals surface area contributed by atoms with E-state index in [0.717, 1.165) is 5.56 Å². The van der Waals surface area contributed by atoms with Gasteiger partial charge in [0.05, 0.1) is 0 Å². The highest BCUT2D eigenvalue weighted by molar-refractivity contribution is 5.83. The highest BCUT2D eigenvalue weighted by Crippen LogP contribution is 2.39. The molecule has 0 unspecified atom stereocenters. The zero-order valence-corrected chi connectivity index (χ0v) is 23.3. The number of benzene rings is 5. The summed E-state index contributed by atoms with van der Waals surface area (Å²) in [5.74, 6) is 3.01. The molecule has 0 radical (unpaired) electrons. The van der Waals surface area contributed by atoms with Gasteiger partial charge in [-0.2, -0.15) is 0 Å². The SMILES string of the molecule is C#CCc1ccc(/C=c2\cccc\c2=C(/c2ccccc2)c2ccccc2[C@H]2C=Cc3ccccc32)cc1/C=C\C. The molecule has 0 heterocycles. The van der Waals surface area contributed by atoms with Crippen molar-refractivity contribution in [1.29, 1.82) is 0 Å². The molecule has 0 aromatic heterocycles. The van der Waals surface area contributed by atoms with Gasteiger partial charge < -0.3 is 0 Å². The normalized spacial score (nSPS) is 15.1. The molecule has 1 aliphatic rings. The third-order valence-corrected chi connectivity index (χ3v) is 7.79. The van der Waals surface area contributed by atoms with Crippen molar-refractivity contribution in [1.82, 2.24) is 0 Å². The van der Waals surface area contributed by atoms with Gasteiger partial charge >= 0.3 is 0 Å². The van der Waals surface area contributed by atoms with Crippen LogP contribution >= 0.6 is 0 Å². The highest BCUT2D eigenvalue weighted by Gasteiger charge is 2.23. The molecule has 41 heavy (non-hydrogen) atoms. The summed E-state index contributed by atoms with van der Waals surface area (Å²) >= 11 is 0. The molecule has 5 aromatic carbocycles. The summed E-state index contributed by atoms with van der Waals surface area (Å²) in [4.78, 5) is 0. The standard InChI is InChI=1S/C41H32/c1-3-14-31-25-24-30(28-34(31)15-4-2)29-35-19-9-11-21-37(35)41(33-17-6-5-7-18-33)40-23-13-12-22-38(40)39-27-26-32-16-8-10-20-36(32)39/h1,4-13,15-29,39H,14H2,2H3/b15-4-,35-29+,41-37-/t39-/m0/s1. The molecule has 0 saturated heterocycles. The fourth-order valence-electron chi connectivity index (χ4n) is 5.92. The second-order valence-corrected chi connectivity index (χ2v) is 10.4. The van der Waals surface area contributed by atoms with Crippen LogP contribution in [0.15, 0.2) is 133 Å². The van der Waals surface area contributed by atoms with Gasteiger partial charge in [-0.15, -0.1) is 12.3 Å². The molecule has 5 aromatic rings. The van der Waals surface area contributed by atoms with E-state index in [4.69, 9.17) is 6.42 Å². The summed E-state index contributed by atoms with van der Waals surface area (Å²) in [6, 6.07) is 43.7. The average Bonchev–Trinajstić information content (AvgIpc) is 3.45. The lowest BCUT2D eigenvalue weighted by molar-refractivity contribution is 1.04. The molecular formula is C41H32. The minimum atomic E-state index is 0.212. The molecule has 0 amide bonds. The van der Waals surface area contributed by atoms with Crippen LogP contribution in [0.2, 0.25) is 0 Å². The van der Waals surface area contributed by atoms with E-state index in [2.05, 4.69) is 158 Å². The number of terminal acetylenes is 1. The zero-order chi connectivity index (χ0) is 28.0. The maximum atomic E-state index is 5.65. The van der Waals surface area contributed by atoms with E-state index in [1.54, 1.807) is 0 Å². The Morgan fingerprint density at radius 1 is 0.780 bits per heavy atom. The van der Waals surface area contributed by atoms with Crippen LogP contribution in [0, 0.1) is 12.3 Å². The Hall–Kier alpha value is -5.12. The number of fused-ring (bicyclic) bond motifs is 1. The predicted molar refractivity (Wildman–Crippen MR) is 175 cm³/mol. The molecule has 1 atom stereocenters. The van der Waals surface area contributed by atoms with Gasteiger partial charge in [0, 0.05) is 12.3 Å². The molecular weight excluding hydrogens is 492 g/mol. The lowest BCUT2D eigenvalue weighted by Crippen LogP contribution is -2.28. The van der Waals surface area contributed by atoms with Gasteiger partial charge in [0.1, 0.15) is 0 Å². The predicted octanol–water partition coefficient (Wildman–Crippen LogP) is 8.13. The van der Waals surface area contributed by atoms with Gasteiger partial charge in [0.25, 0.3) is 0 Å². The van der Waals surface area contributed by atoms with Gasteiger partial charge in [-0.25, -0.2) is 0 Å². The monoisotopic (exact) mass is 524 g/mol. The van der Waals surface area contributed by atoms with Gasteiger partial charge in [-0.1, -0.05) is 140 Å². The Bertz CT molecular complexity index is 1930. The van der Waals surface area contributed by atoms with E-state index in [9.17, 15) is 0 Å². The first kappa shape index (κ1) is 26.1. The first-order chi connectivity index (χ1) is 20.3. The van der Waals surface area contributed by atoms with Gasteiger partial charge in [-0.05, 0) is 79.6 Å². The van der Waals surface area contributed by atoms with E-state index in [0.29, 0.717) is 6.42 Å². The van der Waals surface area contributed by atoms with Crippen molar-refractivity contribution in [3.63, 3.8) is 0 Å². The summed E-state index contributed by atoms with van der Waals surface area (Å²) in [6.45, 7) is 2.04. The molecule has 6 rings (SSSR count). The fraction of sp³-hybridized carbons (Fsp3) is 0.0732. The molecule has 0 N–H and O–H groups in total. The Labute approximate surface area is 243 Å². The van der Waals surface area contributed by atoms with Crippen LogP contribution in [-0.2, 0) is 6.42 Å². The van der Waals surface area contributed by atoms with Crippen molar-refractivity contribution in [3.8, 4) is 12.3 Å². The molecule has 0 fully saturated rings. The molecule has 0 aliphatic heterocycles. The van der Waals surface area contributed by atoms with Crippen LogP contribution in [0.1, 0.15) is 57.3 Å². The lowest BCUT2D eigenvalue weighted by Gasteiger charge is -2.19. The summed E-state index contributed by atoms with van der Waals surface area (Å²) in [6.07, 6.45) is 17.4. The summed E-state index contributed by atoms with van der Waals surface area (Å²) in [5, 5.41) is 2.39. The van der Waals surface area contributed by atoms with E-state index < -0.39 is 0 Å². The molecule has 0 spiro atoms. The fourth-order valence-corrected chi connectivity index (χ4v) is 5.92. The number of hydrogen-bond donors (Lipinski definition) is 0. The van der Waals surface area contributed by atoms with E-state index in [1.165, 1.54) is 55.0 Å². The van der Waals surface area contributed by atoms with Crippen LogP contribution in [0.5, 0.6) is 0 Å². The first-order valence-corrected chi connectivity index (χ1v) is 14.2. The van der Waals surface area contributed by atoms with Gasteiger partial charge in [0.15, 0.2) is 0 Å². The van der Waals surface area contributed by atoms with Crippen LogP contribution in [0.4, 0.5) is 0 Å². The van der Waals surface area contributed by atoms with Crippen molar-refractivity contribution in [2.24, 2.45) is 0 Å². The largest absolute Gasteiger partial charge is 0.120 e. The second-order valence-electron chi connectivity index (χ2n) is 10.4. The smallest absolute Gasteiger partial charge is 0.0343 e. The third kappa shape index (κ3) is 5.36. The van der Waals surface area contributed by atoms with Crippen molar-refractivity contribution in [3.05, 3.63) is 188 Å². The maximum Gasteiger partial charge on any atom is 0.0343 e. The first-order valence-electron chi connectivity index (χ1n) is 14.2. The minimum absolute atomic E-state index is 0.212. The molecule has 0 heteroatoms. The number of allylic oxidation sites excluding steroid dienone is 2. The van der Waals surface area contributed by atoms with E-state index in [-0.39, 0.29) is 5.92 Å². The minimum Gasteiger partial charge on any atom is -0.120 e. The summed E-state index contributed by atoms with van der Waals surface area (Å²) < 4.78 is 0. The molecule has 0 bridgehead atoms. The molecule has 196 valence electrons. The van der Waals surface area contributed by atoms with Crippen LogP contribution in [-0.4, -0.2) is 0 Å². The Morgan fingerprint density at radius 2 is 1.51 bits per heavy atom. The Balaban J connectivity index is 1.62. The summed E-state index contributed by atoms with van der Waals surface area (Å²) in [7, 11) is 0. The zero-order valence-electron chi connectivity index (χ0n) is 23.3. The molecule has 1 aliphatic carbocycles. The molecule has 0 saturated carbocycles. The maximum absolute atomic E-state index is 5.65. The van der Waals surface area contributed by atoms with Crippen LogP contribution in [0.3, 0.4) is 0 Å². The highest BCUT2D eigenvalue weighted by atomic mass is 14.3. The average molecular weight is 525 g/mol. The Kier molecular flexibility index (Phi) is 7.61. The van der Waals surface area contributed by atoms with E-state index in [1.807, 2.05) is 6.92 Å². The summed E-state index contributed by atoms with van der Waals surface area (Å²) in [5.41, 5.74) is 11.2. The Morgan fingerprint density at radius 3 is 2.34 bits per heavy atom. The van der Waals surface area contributed by atoms with E-state index >= 15 is 0 Å². The van der Waals surface area contributed by atoms with Crippen LogP contribution < -0.4 is 10.4 Å². The van der Waals surface area contributed by atoms with Crippen molar-refractivity contribution < 1.29 is 0 Å². The topological polar surface area (TPSA) is 0 Å². The molecule has 0 nitrogen and oxygen atoms in total. The van der Waals surface area contributed by atoms with Crippen LogP contribution in [0.25, 0.3) is 23.8 Å². The second kappa shape index (κ2) is 12.0. The van der Waals surface area contributed by atoms with Gasteiger partial charge in [0.2, 0.25) is 0 Å². The lowest BCUT2D eigenvalue weighted by atomic mass is 9.84. The third-order valence-electron chi connectivity index (χ3n) is 7.79. The number of hydrogen-bond acceptors (Lipinski definition) is 0. The number of rotatable bonds is 6.